The van der Waals surface area contributed by atoms with Crippen LogP contribution in [0.3, 0.4) is 0 Å². The van der Waals surface area contributed by atoms with Crippen molar-refractivity contribution in [1.29, 1.82) is 0 Å². The highest BCUT2D eigenvalue weighted by molar-refractivity contribution is 6.13. The molecule has 1 N–H and O–H groups in total. The van der Waals surface area contributed by atoms with Crippen molar-refractivity contribution < 1.29 is 33.6 Å². The molecule has 136 valence electrons. The number of benzene rings is 2. The first-order chi connectivity index (χ1) is 13.1. The molecule has 0 saturated carbocycles. The highest BCUT2D eigenvalue weighted by Crippen LogP contribution is 2.33. The second kappa shape index (κ2) is 6.83. The lowest BCUT2D eigenvalue weighted by Gasteiger charge is -2.06. The normalized spacial score (nSPS) is 16.2. The number of cyclic esters (lactones) is 1. The maximum absolute atomic E-state index is 12.2. The summed E-state index contributed by atoms with van der Waals surface area (Å²) in [5, 5.41) is 8.76. The molecule has 0 amide bonds. The van der Waals surface area contributed by atoms with Crippen molar-refractivity contribution in [3.63, 3.8) is 0 Å². The van der Waals surface area contributed by atoms with Crippen LogP contribution in [-0.4, -0.2) is 36.3 Å². The van der Waals surface area contributed by atoms with Crippen LogP contribution in [0.1, 0.15) is 11.1 Å². The van der Waals surface area contributed by atoms with E-state index in [1.165, 1.54) is 6.08 Å². The summed E-state index contributed by atoms with van der Waals surface area (Å²) in [6, 6.07) is 11.8. The number of para-hydroxylation sites is 1. The number of fused-ring (bicyclic) bond motifs is 1. The first kappa shape index (κ1) is 16.6. The molecule has 0 unspecified atom stereocenters. The minimum absolute atomic E-state index is 0.0778. The minimum atomic E-state index is -1.10. The minimum Gasteiger partial charge on any atom is -0.481 e. The Labute approximate surface area is 153 Å². The topological polar surface area (TPSA) is 104 Å². The molecule has 0 aromatic heterocycles. The Bertz CT molecular complexity index is 993. The number of carbonyl (C=O) groups excluding carboxylic acids is 1. The van der Waals surface area contributed by atoms with E-state index in [2.05, 4.69) is 4.99 Å². The molecule has 2 aromatic carbocycles. The van der Waals surface area contributed by atoms with Gasteiger partial charge in [-0.05, 0) is 30.3 Å². The summed E-state index contributed by atoms with van der Waals surface area (Å²) in [6.07, 6.45) is 1.49. The first-order valence-electron chi connectivity index (χ1n) is 7.96. The van der Waals surface area contributed by atoms with Gasteiger partial charge in [0.05, 0.1) is 0 Å². The molecule has 2 aliphatic heterocycles. The maximum atomic E-state index is 12.2. The van der Waals surface area contributed by atoms with Gasteiger partial charge < -0.3 is 24.1 Å². The predicted octanol–water partition coefficient (Wildman–Crippen LogP) is 2.22. The number of carboxylic acid groups (broad SMARTS) is 1. The molecule has 2 heterocycles. The Balaban J connectivity index is 1.63. The fraction of sp³-hybridized carbons (Fsp3) is 0.105. The third-order valence-corrected chi connectivity index (χ3v) is 3.80. The summed E-state index contributed by atoms with van der Waals surface area (Å²) >= 11 is 0. The van der Waals surface area contributed by atoms with Crippen LogP contribution in [0.25, 0.3) is 6.08 Å². The number of carbonyl (C=O) groups is 2. The molecule has 27 heavy (non-hydrogen) atoms. The monoisotopic (exact) mass is 367 g/mol. The zero-order valence-electron chi connectivity index (χ0n) is 13.9. The molecule has 0 atom stereocenters. The van der Waals surface area contributed by atoms with Crippen molar-refractivity contribution in [3.05, 3.63) is 59.3 Å². The van der Waals surface area contributed by atoms with Crippen molar-refractivity contribution in [1.82, 2.24) is 0 Å². The molecule has 0 aliphatic carbocycles. The Morgan fingerprint density at radius 1 is 1.19 bits per heavy atom. The standard InChI is InChI=1S/C19H13NO7/c21-17(22)9-24-14-4-2-1-3-11(14)7-13-19(23)27-18(20-13)12-5-6-15-16(8-12)26-10-25-15/h1-8H,9-10H2,(H,21,22)/b13-7+. The Morgan fingerprint density at radius 3 is 2.85 bits per heavy atom. The lowest BCUT2D eigenvalue weighted by Crippen LogP contribution is -2.10. The third-order valence-electron chi connectivity index (χ3n) is 3.80. The van der Waals surface area contributed by atoms with E-state index in [4.69, 9.17) is 24.1 Å². The van der Waals surface area contributed by atoms with Gasteiger partial charge in [-0.2, -0.15) is 0 Å². The van der Waals surface area contributed by atoms with Crippen molar-refractivity contribution in [2.75, 3.05) is 13.4 Å². The van der Waals surface area contributed by atoms with Gasteiger partial charge >= 0.3 is 11.9 Å². The third kappa shape index (κ3) is 3.45. The van der Waals surface area contributed by atoms with Crippen molar-refractivity contribution in [3.8, 4) is 17.2 Å². The molecule has 0 fully saturated rings. The van der Waals surface area contributed by atoms with Crippen LogP contribution in [0, 0.1) is 0 Å². The molecule has 0 bridgehead atoms. The van der Waals surface area contributed by atoms with Gasteiger partial charge in [-0.15, -0.1) is 0 Å². The molecule has 8 heteroatoms. The fourth-order valence-corrected chi connectivity index (χ4v) is 2.58. The number of rotatable bonds is 5. The van der Waals surface area contributed by atoms with Crippen molar-refractivity contribution in [2.24, 2.45) is 4.99 Å². The zero-order valence-corrected chi connectivity index (χ0v) is 13.9. The van der Waals surface area contributed by atoms with Crippen molar-refractivity contribution in [2.45, 2.75) is 0 Å². The number of hydrogen-bond donors (Lipinski definition) is 1. The van der Waals surface area contributed by atoms with Gasteiger partial charge in [0.15, 0.2) is 23.8 Å². The highest BCUT2D eigenvalue weighted by Gasteiger charge is 2.26. The molecule has 8 nitrogen and oxygen atoms in total. The van der Waals surface area contributed by atoms with E-state index in [0.29, 0.717) is 28.4 Å². The molecule has 2 aliphatic rings. The van der Waals surface area contributed by atoms with Gasteiger partial charge in [0.25, 0.3) is 0 Å². The van der Waals surface area contributed by atoms with Gasteiger partial charge in [-0.1, -0.05) is 18.2 Å². The van der Waals surface area contributed by atoms with Gasteiger partial charge in [-0.3, -0.25) is 0 Å². The predicted molar refractivity (Wildman–Crippen MR) is 92.7 cm³/mol. The summed E-state index contributed by atoms with van der Waals surface area (Å²) in [5.74, 6) is -0.0722. The summed E-state index contributed by atoms with van der Waals surface area (Å²) < 4.78 is 21.0. The first-order valence-corrected chi connectivity index (χ1v) is 7.96. The molecule has 0 saturated heterocycles. The number of esters is 1. The van der Waals surface area contributed by atoms with E-state index < -0.39 is 18.5 Å². The molecule has 4 rings (SSSR count). The highest BCUT2D eigenvalue weighted by atomic mass is 16.7. The Kier molecular flexibility index (Phi) is 4.21. The second-order valence-corrected chi connectivity index (χ2v) is 5.62. The number of carboxylic acids is 1. The zero-order chi connectivity index (χ0) is 18.8. The van der Waals surface area contributed by atoms with Gasteiger partial charge in [0, 0.05) is 11.1 Å². The lowest BCUT2D eigenvalue weighted by molar-refractivity contribution is -0.139. The van der Waals surface area contributed by atoms with Crippen LogP contribution < -0.4 is 14.2 Å². The van der Waals surface area contributed by atoms with Crippen LogP contribution in [0.4, 0.5) is 0 Å². The Hall–Kier alpha value is -3.81. The van der Waals surface area contributed by atoms with Crippen LogP contribution in [0.5, 0.6) is 17.2 Å². The van der Waals surface area contributed by atoms with E-state index in [1.807, 2.05) is 0 Å². The van der Waals surface area contributed by atoms with Crippen LogP contribution in [0.2, 0.25) is 0 Å². The summed E-state index contributed by atoms with van der Waals surface area (Å²) in [4.78, 5) is 27.1. The van der Waals surface area contributed by atoms with E-state index >= 15 is 0 Å². The van der Waals surface area contributed by atoms with E-state index in [1.54, 1.807) is 42.5 Å². The van der Waals surface area contributed by atoms with Crippen LogP contribution in [-0.2, 0) is 14.3 Å². The van der Waals surface area contributed by atoms with Gasteiger partial charge in [0.2, 0.25) is 12.7 Å². The summed E-state index contributed by atoms with van der Waals surface area (Å²) in [7, 11) is 0. The summed E-state index contributed by atoms with van der Waals surface area (Å²) in [6.45, 7) is -0.348. The number of nitrogens with zero attached hydrogens (tertiary/aromatic N) is 1. The Morgan fingerprint density at radius 2 is 2.00 bits per heavy atom. The van der Waals surface area contributed by atoms with E-state index in [-0.39, 0.29) is 18.4 Å². The fourth-order valence-electron chi connectivity index (χ4n) is 2.58. The largest absolute Gasteiger partial charge is 0.481 e. The van der Waals surface area contributed by atoms with Crippen LogP contribution >= 0.6 is 0 Å². The number of aliphatic carboxylic acids is 1. The average molecular weight is 367 g/mol. The quantitative estimate of drug-likeness (QED) is 0.638. The number of hydrogen-bond acceptors (Lipinski definition) is 7. The van der Waals surface area contributed by atoms with Crippen molar-refractivity contribution >= 4 is 23.9 Å². The van der Waals surface area contributed by atoms with E-state index in [9.17, 15) is 9.59 Å². The lowest BCUT2D eigenvalue weighted by atomic mass is 10.1. The molecular formula is C19H13NO7. The molecular weight excluding hydrogens is 354 g/mol. The molecule has 2 aromatic rings. The summed E-state index contributed by atoms with van der Waals surface area (Å²) in [5.41, 5.74) is 1.17. The van der Waals surface area contributed by atoms with E-state index in [0.717, 1.165) is 0 Å². The van der Waals surface area contributed by atoms with Gasteiger partial charge in [-0.25, -0.2) is 14.6 Å². The van der Waals surface area contributed by atoms with Crippen LogP contribution in [0.15, 0.2) is 53.2 Å². The molecule has 0 radical (unpaired) electrons. The maximum Gasteiger partial charge on any atom is 0.363 e. The molecule has 0 spiro atoms. The average Bonchev–Trinajstić information content (AvgIpc) is 3.27. The number of aliphatic imine (C=N–C) groups is 1. The smallest absolute Gasteiger partial charge is 0.363 e. The van der Waals surface area contributed by atoms with Gasteiger partial charge in [0.1, 0.15) is 5.75 Å². The number of ether oxygens (including phenoxy) is 4. The second-order valence-electron chi connectivity index (χ2n) is 5.62. The SMILES string of the molecule is O=C(O)COc1ccccc1/C=C1/N=C(c2ccc3c(c2)OCO3)OC1=O.